The van der Waals surface area contributed by atoms with E-state index in [1.807, 2.05) is 0 Å². The normalized spacial score (nSPS) is 25.1. The Labute approximate surface area is 346 Å². The van der Waals surface area contributed by atoms with Crippen LogP contribution in [0.4, 0.5) is 0 Å². The molecule has 0 bridgehead atoms. The fraction of sp³-hybridized carbons (Fsp3) is 0.972. The van der Waals surface area contributed by atoms with E-state index in [9.17, 15) is 4.79 Å². The molecular weight excluding hydrogens is 833 g/mol. The van der Waals surface area contributed by atoms with Gasteiger partial charge in [-0.2, -0.15) is 0 Å². The van der Waals surface area contributed by atoms with Gasteiger partial charge in [0.15, 0.2) is 72.8 Å². The van der Waals surface area contributed by atoms with E-state index in [4.69, 9.17) is 44.9 Å². The minimum absolute atomic E-state index is 0.112. The van der Waals surface area contributed by atoms with E-state index in [0.29, 0.717) is 6.61 Å². The molecule has 0 aromatic carbocycles. The SMILES string of the molecule is C[Si](C)(C)OCC1OC(OCC(O[Si](C)(C)C)C(O[Si](C)(C)C)C(O[Si](C)(C)C)C(C=O)O[Si](C)(C)C)C(O[Si](C)(C)C)C(O[Si](C)(C)C)C1O[Si](C)(C)C. The lowest BCUT2D eigenvalue weighted by atomic mass is 9.99. The van der Waals surface area contributed by atoms with Crippen LogP contribution in [0.3, 0.4) is 0 Å². The first kappa shape index (κ1) is 54.0. The van der Waals surface area contributed by atoms with Crippen molar-refractivity contribution in [2.45, 2.75) is 212 Å². The molecule has 9 atom stereocenters. The maximum absolute atomic E-state index is 13.0. The van der Waals surface area contributed by atoms with Gasteiger partial charge in [-0.3, -0.25) is 0 Å². The first-order chi connectivity index (χ1) is 24.2. The zero-order valence-corrected chi connectivity index (χ0v) is 47.7. The van der Waals surface area contributed by atoms with E-state index < -0.39 is 122 Å². The molecule has 55 heavy (non-hydrogen) atoms. The molecule has 1 fully saturated rings. The molecule has 0 spiro atoms. The fourth-order valence-corrected chi connectivity index (χ4v) is 14.2. The highest BCUT2D eigenvalue weighted by Gasteiger charge is 2.53. The predicted octanol–water partition coefficient (Wildman–Crippen LogP) is 9.32. The minimum Gasteiger partial charge on any atom is -0.415 e. The Kier molecular flexibility index (Phi) is 19.9. The molecule has 0 aromatic heterocycles. The molecule has 1 heterocycles. The summed E-state index contributed by atoms with van der Waals surface area (Å²) in [5, 5.41) is 0. The van der Waals surface area contributed by atoms with Crippen LogP contribution in [0.25, 0.3) is 0 Å². The minimum atomic E-state index is -2.27. The maximum atomic E-state index is 13.0. The van der Waals surface area contributed by atoms with Crippen LogP contribution in [0.1, 0.15) is 0 Å². The lowest BCUT2D eigenvalue weighted by Gasteiger charge is -2.51. The third-order valence-corrected chi connectivity index (χ3v) is 15.2. The number of carbonyl (C=O) groups excluding carboxylic acids is 1. The summed E-state index contributed by atoms with van der Waals surface area (Å²) in [6, 6.07) is 0. The van der Waals surface area contributed by atoms with E-state index in [2.05, 4.69) is 157 Å². The monoisotopic (exact) mass is 918 g/mol. The zero-order valence-electron chi connectivity index (χ0n) is 39.7. The summed E-state index contributed by atoms with van der Waals surface area (Å²) in [6.07, 6.45) is -4.61. The molecule has 1 aliphatic rings. The quantitative estimate of drug-likeness (QED) is 0.0683. The van der Waals surface area contributed by atoms with Gasteiger partial charge in [0.1, 0.15) is 49.0 Å². The van der Waals surface area contributed by atoms with Crippen molar-refractivity contribution < 1.29 is 49.7 Å². The number of rotatable bonds is 24. The van der Waals surface area contributed by atoms with Gasteiger partial charge in [0, 0.05) is 0 Å². The zero-order chi connectivity index (χ0) is 43.4. The molecule has 0 radical (unpaired) electrons. The molecule has 1 aliphatic heterocycles. The summed E-state index contributed by atoms with van der Waals surface area (Å²) in [5.74, 6) is 0. The van der Waals surface area contributed by atoms with Gasteiger partial charge in [0.2, 0.25) is 0 Å². The van der Waals surface area contributed by atoms with E-state index >= 15 is 0 Å². The van der Waals surface area contributed by atoms with Crippen LogP contribution in [0.5, 0.6) is 0 Å². The van der Waals surface area contributed by atoms with Crippen LogP contribution in [-0.2, 0) is 49.7 Å². The summed E-state index contributed by atoms with van der Waals surface area (Å²) in [4.78, 5) is 13.0. The summed E-state index contributed by atoms with van der Waals surface area (Å²) in [5.41, 5.74) is 0. The Morgan fingerprint density at radius 2 is 0.873 bits per heavy atom. The van der Waals surface area contributed by atoms with E-state index in [-0.39, 0.29) is 6.61 Å². The van der Waals surface area contributed by atoms with Crippen molar-refractivity contribution >= 4 is 72.8 Å². The predicted molar refractivity (Wildman–Crippen MR) is 248 cm³/mol. The van der Waals surface area contributed by atoms with E-state index in [0.717, 1.165) is 6.29 Å². The number of aldehydes is 1. The number of hydrogen-bond acceptors (Lipinski definition) is 11. The molecular formula is C36H86O11Si8. The summed E-state index contributed by atoms with van der Waals surface area (Å²) in [6.45, 7) is 52.3. The first-order valence-electron chi connectivity index (χ1n) is 20.3. The summed E-state index contributed by atoms with van der Waals surface area (Å²) in [7, 11) is -17.4. The Morgan fingerprint density at radius 3 is 1.25 bits per heavy atom. The Balaban J connectivity index is 4.02. The molecule has 328 valence electrons. The van der Waals surface area contributed by atoms with Gasteiger partial charge < -0.3 is 49.7 Å². The average Bonchev–Trinajstić information content (AvgIpc) is 2.88. The molecule has 0 N–H and O–H groups in total. The third-order valence-electron chi connectivity index (χ3n) is 7.29. The van der Waals surface area contributed by atoms with E-state index in [1.54, 1.807) is 0 Å². The van der Waals surface area contributed by atoms with Gasteiger partial charge in [0.25, 0.3) is 0 Å². The molecule has 1 saturated heterocycles. The second-order valence-electron chi connectivity index (χ2n) is 22.9. The van der Waals surface area contributed by atoms with Gasteiger partial charge in [0.05, 0.1) is 19.3 Å². The molecule has 0 amide bonds. The van der Waals surface area contributed by atoms with E-state index in [1.165, 1.54) is 0 Å². The lowest BCUT2D eigenvalue weighted by molar-refractivity contribution is -0.296. The van der Waals surface area contributed by atoms with Gasteiger partial charge in [-0.05, 0) is 157 Å². The standard InChI is InChI=1S/C36H86O11Si8/c1-48(2,3)39-27-29-32(44-52(13,14)15)34(46-54(19,20)21)35(47-55(22,23)24)36(40-29)38-26-30(42-50(7,8)9)33(45-53(16,17)18)31(43-51(10,11)12)28(25-37)41-49(4,5)6/h25,28-36H,26-27H2,1-24H3. The van der Waals surface area contributed by atoms with Crippen molar-refractivity contribution in [2.24, 2.45) is 0 Å². The molecule has 19 heteroatoms. The Morgan fingerprint density at radius 1 is 0.473 bits per heavy atom. The van der Waals surface area contributed by atoms with Crippen LogP contribution in [-0.4, -0.2) is 141 Å². The third kappa shape index (κ3) is 23.6. The first-order valence-corrected chi connectivity index (χ1v) is 47.6. The average molecular weight is 920 g/mol. The molecule has 11 nitrogen and oxygen atoms in total. The van der Waals surface area contributed by atoms with Crippen LogP contribution in [0.15, 0.2) is 0 Å². The van der Waals surface area contributed by atoms with Crippen LogP contribution in [0.2, 0.25) is 157 Å². The van der Waals surface area contributed by atoms with Crippen molar-refractivity contribution in [3.05, 3.63) is 0 Å². The highest BCUT2D eigenvalue weighted by molar-refractivity contribution is 6.72. The molecule has 9 unspecified atom stereocenters. The molecule has 1 rings (SSSR count). The number of ether oxygens (including phenoxy) is 2. The smallest absolute Gasteiger partial charge is 0.185 e. The highest BCUT2D eigenvalue weighted by atomic mass is 28.4. The maximum Gasteiger partial charge on any atom is 0.185 e. The largest absolute Gasteiger partial charge is 0.415 e. The van der Waals surface area contributed by atoms with Crippen molar-refractivity contribution in [1.82, 2.24) is 0 Å². The lowest BCUT2D eigenvalue weighted by Crippen LogP contribution is -2.67. The van der Waals surface area contributed by atoms with Crippen molar-refractivity contribution in [1.29, 1.82) is 0 Å². The van der Waals surface area contributed by atoms with Gasteiger partial charge in [-0.1, -0.05) is 0 Å². The number of carbonyl (C=O) groups is 1. The second-order valence-corrected chi connectivity index (χ2v) is 58.6. The van der Waals surface area contributed by atoms with Crippen molar-refractivity contribution in [3.8, 4) is 0 Å². The summed E-state index contributed by atoms with van der Waals surface area (Å²) >= 11 is 0. The second kappa shape index (κ2) is 20.3. The van der Waals surface area contributed by atoms with Crippen molar-refractivity contribution in [3.63, 3.8) is 0 Å². The molecule has 0 saturated carbocycles. The van der Waals surface area contributed by atoms with Gasteiger partial charge >= 0.3 is 0 Å². The topological polar surface area (TPSA) is 109 Å². The Bertz CT molecular complexity index is 1160. The van der Waals surface area contributed by atoms with Crippen molar-refractivity contribution in [2.75, 3.05) is 13.2 Å². The molecule has 0 aliphatic carbocycles. The van der Waals surface area contributed by atoms with Crippen LogP contribution < -0.4 is 0 Å². The number of hydrogen-bond donors (Lipinski definition) is 0. The molecule has 0 aromatic rings. The van der Waals surface area contributed by atoms with Gasteiger partial charge in [-0.25, -0.2) is 0 Å². The van der Waals surface area contributed by atoms with Crippen LogP contribution >= 0.6 is 0 Å². The fourth-order valence-electron chi connectivity index (χ4n) is 6.02. The summed E-state index contributed by atoms with van der Waals surface area (Å²) < 4.78 is 69.3. The van der Waals surface area contributed by atoms with Gasteiger partial charge in [-0.15, -0.1) is 0 Å². The van der Waals surface area contributed by atoms with Crippen LogP contribution in [0, 0.1) is 0 Å². The Hall–Kier alpha value is 1.01. The highest BCUT2D eigenvalue weighted by Crippen LogP contribution is 2.36.